The molecule has 0 unspecified atom stereocenters. The molecule has 0 amide bonds. The van der Waals surface area contributed by atoms with Gasteiger partial charge in [-0.05, 0) is 37.1 Å². The van der Waals surface area contributed by atoms with E-state index in [1.54, 1.807) is 0 Å². The van der Waals surface area contributed by atoms with Crippen molar-refractivity contribution in [2.24, 2.45) is 0 Å². The second-order valence-electron chi connectivity index (χ2n) is 8.04. The lowest BCUT2D eigenvalue weighted by molar-refractivity contribution is -0.587. The van der Waals surface area contributed by atoms with E-state index >= 15 is 0 Å². The third-order valence-corrected chi connectivity index (χ3v) is 5.87. The number of ether oxygens (including phenoxy) is 1. The fourth-order valence-corrected chi connectivity index (χ4v) is 3.54. The van der Waals surface area contributed by atoms with Crippen LogP contribution >= 0.6 is 0 Å². The lowest BCUT2D eigenvalue weighted by atomic mass is 10.0. The Balaban J connectivity index is 0.000000436. The van der Waals surface area contributed by atoms with Gasteiger partial charge in [-0.1, -0.05) is 66.2 Å². The highest BCUT2D eigenvalue weighted by molar-refractivity contribution is 7.86. The maximum Gasteiger partial charge on any atom is 0.485 e. The molecule has 198 valence electrons. The van der Waals surface area contributed by atoms with E-state index in [-0.39, 0.29) is 5.97 Å². The molecular formula is C28H24F3NO5S. The van der Waals surface area contributed by atoms with Crippen LogP contribution in [-0.4, -0.2) is 31.1 Å². The normalized spacial score (nSPS) is 11.3. The van der Waals surface area contributed by atoms with E-state index in [9.17, 15) is 18.0 Å². The molecule has 1 heterocycles. The van der Waals surface area contributed by atoms with Gasteiger partial charge in [-0.15, -0.1) is 4.57 Å². The summed E-state index contributed by atoms with van der Waals surface area (Å²) >= 11 is 0. The summed E-state index contributed by atoms with van der Waals surface area (Å²) in [4.78, 5) is 13.0. The molecule has 0 aliphatic rings. The molecule has 0 saturated carbocycles. The molecule has 0 saturated heterocycles. The number of nitrogens with zero attached hydrogens (tertiary/aromatic N) is 1. The van der Waals surface area contributed by atoms with E-state index in [0.717, 1.165) is 28.1 Å². The molecule has 0 aliphatic carbocycles. The van der Waals surface area contributed by atoms with Gasteiger partial charge < -0.3 is 9.29 Å². The van der Waals surface area contributed by atoms with Crippen molar-refractivity contribution >= 4 is 16.1 Å². The van der Waals surface area contributed by atoms with Crippen LogP contribution in [-0.2, 0) is 14.9 Å². The highest BCUT2D eigenvalue weighted by Crippen LogP contribution is 2.27. The smallest absolute Gasteiger partial charge is 0.485 e. The molecule has 4 rings (SSSR count). The number of hydrogen-bond donors (Lipinski definition) is 0. The Bertz CT molecular complexity index is 1490. The monoisotopic (exact) mass is 543 g/mol. The summed E-state index contributed by atoms with van der Waals surface area (Å²) in [5.74, 6) is -0.340. The van der Waals surface area contributed by atoms with E-state index in [4.69, 9.17) is 17.7 Å². The van der Waals surface area contributed by atoms with Crippen molar-refractivity contribution in [2.75, 3.05) is 6.61 Å². The molecule has 1 aromatic heterocycles. The van der Waals surface area contributed by atoms with Gasteiger partial charge in [0, 0.05) is 29.8 Å². The average Bonchev–Trinajstić information content (AvgIpc) is 2.89. The van der Waals surface area contributed by atoms with Gasteiger partial charge in [-0.2, -0.15) is 13.2 Å². The summed E-state index contributed by atoms with van der Waals surface area (Å²) in [7, 11) is -6.09. The van der Waals surface area contributed by atoms with Gasteiger partial charge in [-0.25, -0.2) is 13.2 Å². The number of aromatic nitrogens is 1. The van der Waals surface area contributed by atoms with E-state index < -0.39 is 15.6 Å². The summed E-state index contributed by atoms with van der Waals surface area (Å²) in [6.45, 7) is 4.20. The van der Waals surface area contributed by atoms with Crippen LogP contribution in [0, 0.1) is 6.92 Å². The zero-order valence-corrected chi connectivity index (χ0v) is 21.3. The number of halogens is 3. The Morgan fingerprint density at radius 3 is 1.82 bits per heavy atom. The number of carbonyl (C=O) groups excluding carboxylic acids is 1. The predicted molar refractivity (Wildman–Crippen MR) is 135 cm³/mol. The standard InChI is InChI=1S/C27H24NO2.CHF3O3S/c1-3-30-27(29)26-19-23(21-10-6-4-7-11-21)18-25(22-12-8-5-9-13-22)28(26)24-16-14-20(2)15-17-24;2-1(3,4)8(5,6)7/h4-19H,3H2,1-2H3;(H,5,6,7)/q+1;/p-1. The molecule has 3 aromatic carbocycles. The Morgan fingerprint density at radius 1 is 0.842 bits per heavy atom. The molecule has 0 bridgehead atoms. The van der Waals surface area contributed by atoms with Gasteiger partial charge in [0.05, 0.1) is 6.61 Å². The maximum atomic E-state index is 13.0. The number of esters is 1. The second-order valence-corrected chi connectivity index (χ2v) is 9.41. The zero-order chi connectivity index (χ0) is 27.9. The lowest BCUT2D eigenvalue weighted by Gasteiger charge is -2.12. The summed E-state index contributed by atoms with van der Waals surface area (Å²) in [5.41, 5.74) is 0.928. The van der Waals surface area contributed by atoms with Crippen LogP contribution in [0.3, 0.4) is 0 Å². The number of rotatable bonds is 5. The SMILES string of the molecule is CCOC(=O)c1cc(-c2ccccc2)cc(-c2ccccc2)[n+]1-c1ccc(C)cc1.O=S(=O)([O-])C(F)(F)F. The fourth-order valence-electron chi connectivity index (χ4n) is 3.54. The number of aryl methyl sites for hydroxylation is 1. The molecule has 0 N–H and O–H groups in total. The van der Waals surface area contributed by atoms with Crippen molar-refractivity contribution in [3.05, 3.63) is 108 Å². The minimum absolute atomic E-state index is 0.322. The largest absolute Gasteiger partial charge is 0.741 e. The van der Waals surface area contributed by atoms with Crippen molar-refractivity contribution in [3.8, 4) is 28.1 Å². The number of benzene rings is 3. The lowest BCUT2D eigenvalue weighted by Crippen LogP contribution is -2.41. The zero-order valence-electron chi connectivity index (χ0n) is 20.5. The summed E-state index contributed by atoms with van der Waals surface area (Å²) in [5, 5.41) is 0. The minimum Gasteiger partial charge on any atom is -0.741 e. The Labute approximate surface area is 218 Å². The molecule has 38 heavy (non-hydrogen) atoms. The van der Waals surface area contributed by atoms with Crippen LogP contribution in [0.5, 0.6) is 0 Å². The van der Waals surface area contributed by atoms with E-state index in [2.05, 4.69) is 49.4 Å². The molecule has 0 radical (unpaired) electrons. The van der Waals surface area contributed by atoms with Crippen LogP contribution in [0.15, 0.2) is 97.1 Å². The highest BCUT2D eigenvalue weighted by Gasteiger charge is 2.37. The predicted octanol–water partition coefficient (Wildman–Crippen LogP) is 5.83. The van der Waals surface area contributed by atoms with E-state index in [1.165, 1.54) is 5.56 Å². The van der Waals surface area contributed by atoms with Gasteiger partial charge in [-0.3, -0.25) is 0 Å². The van der Waals surface area contributed by atoms with Gasteiger partial charge >= 0.3 is 11.5 Å². The molecule has 0 spiro atoms. The topological polar surface area (TPSA) is 87.4 Å². The van der Waals surface area contributed by atoms with Crippen molar-refractivity contribution in [1.82, 2.24) is 0 Å². The minimum atomic E-state index is -6.09. The van der Waals surface area contributed by atoms with E-state index in [1.807, 2.05) is 66.1 Å². The van der Waals surface area contributed by atoms with Gasteiger partial charge in [0.2, 0.25) is 11.4 Å². The third kappa shape index (κ3) is 7.05. The van der Waals surface area contributed by atoms with Crippen molar-refractivity contribution in [3.63, 3.8) is 0 Å². The van der Waals surface area contributed by atoms with Crippen LogP contribution in [0.1, 0.15) is 23.0 Å². The highest BCUT2D eigenvalue weighted by atomic mass is 32.2. The number of alkyl halides is 3. The molecular weight excluding hydrogens is 519 g/mol. The fraction of sp³-hybridized carbons (Fsp3) is 0.143. The molecule has 10 heteroatoms. The number of hydrogen-bond acceptors (Lipinski definition) is 5. The average molecular weight is 544 g/mol. The second kappa shape index (κ2) is 12.0. The van der Waals surface area contributed by atoms with Crippen LogP contribution < -0.4 is 4.57 Å². The van der Waals surface area contributed by atoms with Crippen molar-refractivity contribution < 1.29 is 40.2 Å². The molecule has 6 nitrogen and oxygen atoms in total. The van der Waals surface area contributed by atoms with Gasteiger partial charge in [0.1, 0.15) is 0 Å². The van der Waals surface area contributed by atoms with Crippen molar-refractivity contribution in [1.29, 1.82) is 0 Å². The third-order valence-electron chi connectivity index (χ3n) is 5.30. The van der Waals surface area contributed by atoms with Gasteiger partial charge in [0.15, 0.2) is 10.1 Å². The van der Waals surface area contributed by atoms with Crippen LogP contribution in [0.4, 0.5) is 13.2 Å². The first-order valence-corrected chi connectivity index (χ1v) is 12.8. The summed E-state index contributed by atoms with van der Waals surface area (Å²) in [6, 6.07) is 32.4. The maximum absolute atomic E-state index is 13.0. The Hall–Kier alpha value is -4.02. The molecule has 4 aromatic rings. The quantitative estimate of drug-likeness (QED) is 0.137. The molecule has 0 fully saturated rings. The number of pyridine rings is 1. The van der Waals surface area contributed by atoms with Crippen LogP contribution in [0.25, 0.3) is 28.1 Å². The summed E-state index contributed by atoms with van der Waals surface area (Å²) < 4.78 is 66.3. The number of carbonyl (C=O) groups is 1. The Kier molecular flexibility index (Phi) is 9.03. The Morgan fingerprint density at radius 2 is 1.34 bits per heavy atom. The van der Waals surface area contributed by atoms with Gasteiger partial charge in [0.25, 0.3) is 5.69 Å². The first-order chi connectivity index (χ1) is 17.9. The molecule has 0 atom stereocenters. The first-order valence-electron chi connectivity index (χ1n) is 11.4. The summed E-state index contributed by atoms with van der Waals surface area (Å²) in [6.07, 6.45) is 0. The first kappa shape index (κ1) is 28.5. The molecule has 0 aliphatic heterocycles. The van der Waals surface area contributed by atoms with Crippen LogP contribution in [0.2, 0.25) is 0 Å². The van der Waals surface area contributed by atoms with Crippen molar-refractivity contribution in [2.45, 2.75) is 19.4 Å². The van der Waals surface area contributed by atoms with E-state index in [0.29, 0.717) is 12.3 Å².